The molecule has 0 spiro atoms. The van der Waals surface area contributed by atoms with E-state index >= 15 is 0 Å². The highest BCUT2D eigenvalue weighted by molar-refractivity contribution is 7.98. The Bertz CT molecular complexity index is 503. The van der Waals surface area contributed by atoms with E-state index in [2.05, 4.69) is 17.0 Å². The van der Waals surface area contributed by atoms with Crippen molar-refractivity contribution in [3.05, 3.63) is 18.0 Å². The second-order valence-electron chi connectivity index (χ2n) is 5.19. The molecule has 1 rings (SSSR count). The van der Waals surface area contributed by atoms with Crippen LogP contribution in [0, 0.1) is 0 Å². The van der Waals surface area contributed by atoms with Gasteiger partial charge in [0.25, 0.3) is 0 Å². The van der Waals surface area contributed by atoms with Crippen molar-refractivity contribution >= 4 is 21.8 Å². The van der Waals surface area contributed by atoms with Crippen molar-refractivity contribution in [2.24, 2.45) is 0 Å². The van der Waals surface area contributed by atoms with Gasteiger partial charge in [0.05, 0.1) is 4.90 Å². The van der Waals surface area contributed by atoms with Crippen LogP contribution in [0.5, 0.6) is 0 Å². The molecule has 0 saturated carbocycles. The number of nitrogens with one attached hydrogen (secondary N) is 2. The highest BCUT2D eigenvalue weighted by atomic mass is 32.2. The Hall–Kier alpha value is -0.500. The van der Waals surface area contributed by atoms with Gasteiger partial charge in [0.1, 0.15) is 0 Å². The van der Waals surface area contributed by atoms with Crippen molar-refractivity contribution in [2.45, 2.75) is 50.7 Å². The minimum atomic E-state index is -3.44. The lowest BCUT2D eigenvalue weighted by Gasteiger charge is -2.12. The Morgan fingerprint density at radius 3 is 2.71 bits per heavy atom. The maximum Gasteiger partial charge on any atom is 0.242 e. The molecule has 1 heterocycles. The zero-order valence-electron chi connectivity index (χ0n) is 13.3. The molecule has 2 N–H and O–H groups in total. The summed E-state index contributed by atoms with van der Waals surface area (Å²) in [5.41, 5.74) is 0.997. The summed E-state index contributed by atoms with van der Waals surface area (Å²) in [6, 6.07) is 1.71. The van der Waals surface area contributed by atoms with Gasteiger partial charge in [-0.05, 0) is 44.9 Å². The zero-order valence-corrected chi connectivity index (χ0v) is 15.0. The smallest absolute Gasteiger partial charge is 0.242 e. The van der Waals surface area contributed by atoms with Crippen LogP contribution in [0.25, 0.3) is 0 Å². The van der Waals surface area contributed by atoms with E-state index in [0.29, 0.717) is 11.4 Å². The molecule has 0 aliphatic heterocycles. The number of sulfonamides is 1. The molecule has 1 atom stereocenters. The van der Waals surface area contributed by atoms with E-state index in [-0.39, 0.29) is 6.04 Å². The first-order chi connectivity index (χ1) is 9.94. The normalized spacial score (nSPS) is 13.5. The number of aromatic nitrogens is 1. The average Bonchev–Trinajstić information content (AvgIpc) is 2.81. The molecule has 0 amide bonds. The first kappa shape index (κ1) is 18.5. The predicted molar refractivity (Wildman–Crippen MR) is 90.3 cm³/mol. The third-order valence-electron chi connectivity index (χ3n) is 3.20. The number of hydrogen-bond donors (Lipinski definition) is 2. The quantitative estimate of drug-likeness (QED) is 0.688. The highest BCUT2D eigenvalue weighted by Gasteiger charge is 2.20. The van der Waals surface area contributed by atoms with Gasteiger partial charge >= 0.3 is 0 Å². The topological polar surface area (TPSA) is 63.1 Å². The molecule has 0 aliphatic carbocycles. The van der Waals surface area contributed by atoms with Crippen LogP contribution in [0.3, 0.4) is 0 Å². The van der Waals surface area contributed by atoms with Gasteiger partial charge in [0, 0.05) is 31.0 Å². The monoisotopic (exact) mass is 333 g/mol. The summed E-state index contributed by atoms with van der Waals surface area (Å²) in [7, 11) is -1.57. The van der Waals surface area contributed by atoms with E-state index in [4.69, 9.17) is 0 Å². The SMILES string of the molecule is CCCn1cc(S(=O)(=O)NC(C)CCSC)cc1CNC. The van der Waals surface area contributed by atoms with Gasteiger partial charge in [-0.25, -0.2) is 13.1 Å². The van der Waals surface area contributed by atoms with Crippen LogP contribution in [0.1, 0.15) is 32.4 Å². The standard InChI is InChI=1S/C14H27N3O2S2/c1-5-7-17-11-14(9-13(17)10-15-3)21(18,19)16-12(2)6-8-20-4/h9,11-12,15-16H,5-8,10H2,1-4H3. The molecular formula is C14H27N3O2S2. The molecule has 1 unspecified atom stereocenters. The summed E-state index contributed by atoms with van der Waals surface area (Å²) < 4.78 is 29.6. The fourth-order valence-electron chi connectivity index (χ4n) is 2.14. The van der Waals surface area contributed by atoms with Crippen molar-refractivity contribution < 1.29 is 8.42 Å². The number of aryl methyl sites for hydroxylation is 1. The van der Waals surface area contributed by atoms with E-state index in [1.54, 1.807) is 24.0 Å². The fourth-order valence-corrected chi connectivity index (χ4v) is 4.07. The summed E-state index contributed by atoms with van der Waals surface area (Å²) in [5, 5.41) is 3.08. The van der Waals surface area contributed by atoms with Crippen LogP contribution in [-0.2, 0) is 23.1 Å². The lowest BCUT2D eigenvalue weighted by atomic mass is 10.3. The Morgan fingerprint density at radius 1 is 1.43 bits per heavy atom. The molecule has 0 fully saturated rings. The van der Waals surface area contributed by atoms with Gasteiger partial charge in [-0.2, -0.15) is 11.8 Å². The maximum absolute atomic E-state index is 12.4. The molecule has 0 aliphatic rings. The number of thioether (sulfide) groups is 1. The Labute approximate surface area is 132 Å². The first-order valence-electron chi connectivity index (χ1n) is 7.29. The minimum Gasteiger partial charge on any atom is -0.349 e. The molecule has 0 radical (unpaired) electrons. The zero-order chi connectivity index (χ0) is 15.9. The van der Waals surface area contributed by atoms with Crippen molar-refractivity contribution in [3.63, 3.8) is 0 Å². The summed E-state index contributed by atoms with van der Waals surface area (Å²) in [6.07, 6.45) is 5.57. The molecular weight excluding hydrogens is 306 g/mol. The van der Waals surface area contributed by atoms with Crippen LogP contribution in [-0.4, -0.2) is 38.1 Å². The van der Waals surface area contributed by atoms with Gasteiger partial charge in [0.15, 0.2) is 0 Å². The van der Waals surface area contributed by atoms with Crippen molar-refractivity contribution in [2.75, 3.05) is 19.1 Å². The molecule has 122 valence electrons. The Kier molecular flexibility index (Phi) is 7.79. The van der Waals surface area contributed by atoms with E-state index in [9.17, 15) is 8.42 Å². The van der Waals surface area contributed by atoms with Crippen LogP contribution in [0.2, 0.25) is 0 Å². The summed E-state index contributed by atoms with van der Waals surface area (Å²) >= 11 is 1.72. The van der Waals surface area contributed by atoms with Crippen molar-refractivity contribution in [1.82, 2.24) is 14.6 Å². The summed E-state index contributed by atoms with van der Waals surface area (Å²) in [5.74, 6) is 0.950. The lowest BCUT2D eigenvalue weighted by Crippen LogP contribution is -2.32. The van der Waals surface area contributed by atoms with Crippen LogP contribution >= 0.6 is 11.8 Å². The molecule has 1 aromatic heterocycles. The predicted octanol–water partition coefficient (Wildman–Crippen LogP) is 2.04. The van der Waals surface area contributed by atoms with Crippen LogP contribution < -0.4 is 10.0 Å². The van der Waals surface area contributed by atoms with E-state index in [1.807, 2.05) is 24.8 Å². The molecule has 1 aromatic rings. The lowest BCUT2D eigenvalue weighted by molar-refractivity contribution is 0.556. The third kappa shape index (κ3) is 5.65. The number of rotatable bonds is 10. The maximum atomic E-state index is 12.4. The summed E-state index contributed by atoms with van der Waals surface area (Å²) in [6.45, 7) is 5.48. The molecule has 0 aromatic carbocycles. The van der Waals surface area contributed by atoms with E-state index in [1.165, 1.54) is 0 Å². The number of hydrogen-bond acceptors (Lipinski definition) is 4. The van der Waals surface area contributed by atoms with Gasteiger partial charge in [-0.15, -0.1) is 0 Å². The molecule has 0 bridgehead atoms. The first-order valence-corrected chi connectivity index (χ1v) is 10.2. The van der Waals surface area contributed by atoms with E-state index in [0.717, 1.165) is 30.8 Å². The largest absolute Gasteiger partial charge is 0.349 e. The van der Waals surface area contributed by atoms with Crippen molar-refractivity contribution in [3.8, 4) is 0 Å². The second-order valence-corrected chi connectivity index (χ2v) is 7.89. The molecule has 5 nitrogen and oxygen atoms in total. The Morgan fingerprint density at radius 2 is 2.14 bits per heavy atom. The molecule has 21 heavy (non-hydrogen) atoms. The Balaban J connectivity index is 2.89. The minimum absolute atomic E-state index is 0.0512. The van der Waals surface area contributed by atoms with Crippen molar-refractivity contribution in [1.29, 1.82) is 0 Å². The average molecular weight is 334 g/mol. The van der Waals surface area contributed by atoms with E-state index < -0.39 is 10.0 Å². The molecule has 7 heteroatoms. The second kappa shape index (κ2) is 8.82. The van der Waals surface area contributed by atoms with Gasteiger partial charge in [-0.1, -0.05) is 6.92 Å². The van der Waals surface area contributed by atoms with Crippen LogP contribution in [0.4, 0.5) is 0 Å². The fraction of sp³-hybridized carbons (Fsp3) is 0.714. The highest BCUT2D eigenvalue weighted by Crippen LogP contribution is 2.16. The van der Waals surface area contributed by atoms with Gasteiger partial charge < -0.3 is 9.88 Å². The third-order valence-corrected chi connectivity index (χ3v) is 5.41. The van der Waals surface area contributed by atoms with Crippen LogP contribution in [0.15, 0.2) is 17.2 Å². The van der Waals surface area contributed by atoms with Gasteiger partial charge in [0.2, 0.25) is 10.0 Å². The summed E-state index contributed by atoms with van der Waals surface area (Å²) in [4.78, 5) is 0.359. The van der Waals surface area contributed by atoms with Gasteiger partial charge in [-0.3, -0.25) is 0 Å². The molecule has 0 saturated heterocycles. The number of nitrogens with zero attached hydrogens (tertiary/aromatic N) is 1.